The first-order chi connectivity index (χ1) is 13.8. The number of likely N-dealkylation sites (tertiary alicyclic amines) is 1. The fraction of sp³-hybridized carbons (Fsp3) is 0.500. The topological polar surface area (TPSA) is 56.0 Å². The van der Waals surface area contributed by atoms with E-state index in [0.717, 1.165) is 23.5 Å². The summed E-state index contributed by atoms with van der Waals surface area (Å²) in [5.41, 5.74) is 1.34. The highest BCUT2D eigenvalue weighted by atomic mass is 16.1. The maximum absolute atomic E-state index is 13.0. The fourth-order valence-corrected chi connectivity index (χ4v) is 5.02. The third kappa shape index (κ3) is 3.26. The summed E-state index contributed by atoms with van der Waals surface area (Å²) >= 11 is 0. The fourth-order valence-electron chi connectivity index (χ4n) is 5.02. The van der Waals surface area contributed by atoms with Crippen molar-refractivity contribution in [2.24, 2.45) is 5.92 Å². The van der Waals surface area contributed by atoms with Gasteiger partial charge in [-0.25, -0.2) is 9.36 Å². The molecule has 2 aromatic heterocycles. The average Bonchev–Trinajstić information content (AvgIpc) is 3.39. The molecule has 2 aliphatic rings. The minimum atomic E-state index is -0.0959. The van der Waals surface area contributed by atoms with Crippen molar-refractivity contribution in [1.29, 1.82) is 0 Å². The molecule has 3 aromatic rings. The van der Waals surface area contributed by atoms with E-state index in [1.54, 1.807) is 15.6 Å². The third-order valence-electron chi connectivity index (χ3n) is 6.46. The number of aromatic nitrogens is 4. The molecular weight excluding hydrogens is 350 g/mol. The van der Waals surface area contributed by atoms with Gasteiger partial charge in [-0.2, -0.15) is 10.2 Å². The van der Waals surface area contributed by atoms with Crippen LogP contribution in [0, 0.1) is 5.92 Å². The summed E-state index contributed by atoms with van der Waals surface area (Å²) in [6.07, 6.45) is 12.9. The van der Waals surface area contributed by atoms with E-state index in [0.29, 0.717) is 18.2 Å². The summed E-state index contributed by atoms with van der Waals surface area (Å²) in [7, 11) is 0. The van der Waals surface area contributed by atoms with Crippen LogP contribution in [0.4, 0.5) is 0 Å². The minimum absolute atomic E-state index is 0.0959. The maximum Gasteiger partial charge on any atom is 0.296 e. The van der Waals surface area contributed by atoms with E-state index in [1.807, 2.05) is 36.5 Å². The van der Waals surface area contributed by atoms with Crippen LogP contribution in [0.15, 0.2) is 47.5 Å². The summed E-state index contributed by atoms with van der Waals surface area (Å²) < 4.78 is 3.37. The van der Waals surface area contributed by atoms with Gasteiger partial charge in [0.1, 0.15) is 0 Å². The number of benzene rings is 1. The number of para-hydroxylation sites is 1. The van der Waals surface area contributed by atoms with Gasteiger partial charge in [0, 0.05) is 24.2 Å². The zero-order chi connectivity index (χ0) is 18.9. The van der Waals surface area contributed by atoms with Crippen molar-refractivity contribution >= 4 is 10.9 Å². The Morgan fingerprint density at radius 1 is 1.00 bits per heavy atom. The number of fused-ring (bicyclic) bond motifs is 1. The summed E-state index contributed by atoms with van der Waals surface area (Å²) in [6.45, 7) is 1.64. The summed E-state index contributed by atoms with van der Waals surface area (Å²) in [5.74, 6) is 0.785. The van der Waals surface area contributed by atoms with Crippen molar-refractivity contribution in [3.8, 4) is 5.69 Å². The van der Waals surface area contributed by atoms with Crippen LogP contribution in [0.3, 0.4) is 0 Å². The standard InChI is InChI=1S/C22H27N5O/c28-22-21-18(15-26(24-21)19-10-5-2-6-11-19)14-23-27(22)16-25-13-7-12-20(25)17-8-3-1-4-9-17/h2,5-6,10-11,14-15,17,20H,1,3-4,7-9,12-13,16H2. The van der Waals surface area contributed by atoms with E-state index in [9.17, 15) is 4.79 Å². The summed E-state index contributed by atoms with van der Waals surface area (Å²) in [5, 5.41) is 9.80. The molecule has 1 aliphatic carbocycles. The first-order valence-corrected chi connectivity index (χ1v) is 10.5. The molecule has 6 heteroatoms. The Morgan fingerprint density at radius 2 is 1.82 bits per heavy atom. The maximum atomic E-state index is 13.0. The quantitative estimate of drug-likeness (QED) is 0.697. The molecule has 3 heterocycles. The molecule has 1 saturated carbocycles. The van der Waals surface area contributed by atoms with E-state index in [-0.39, 0.29) is 5.56 Å². The molecule has 0 amide bonds. The lowest BCUT2D eigenvalue weighted by atomic mass is 9.83. The van der Waals surface area contributed by atoms with Gasteiger partial charge in [-0.1, -0.05) is 37.5 Å². The smallest absolute Gasteiger partial charge is 0.281 e. The molecule has 1 atom stereocenters. The van der Waals surface area contributed by atoms with Crippen molar-refractivity contribution in [2.75, 3.05) is 6.54 Å². The molecule has 1 unspecified atom stereocenters. The Labute approximate surface area is 164 Å². The zero-order valence-corrected chi connectivity index (χ0v) is 16.2. The van der Waals surface area contributed by atoms with Gasteiger partial charge in [-0.15, -0.1) is 0 Å². The predicted molar refractivity (Wildman–Crippen MR) is 109 cm³/mol. The molecule has 6 nitrogen and oxygen atoms in total. The molecule has 2 fully saturated rings. The van der Waals surface area contributed by atoms with Crippen molar-refractivity contribution < 1.29 is 0 Å². The van der Waals surface area contributed by atoms with Gasteiger partial charge < -0.3 is 0 Å². The second-order valence-electron chi connectivity index (χ2n) is 8.22. The van der Waals surface area contributed by atoms with E-state index < -0.39 is 0 Å². The van der Waals surface area contributed by atoms with Crippen LogP contribution in [-0.4, -0.2) is 37.0 Å². The lowest BCUT2D eigenvalue weighted by Crippen LogP contribution is -2.40. The summed E-state index contributed by atoms with van der Waals surface area (Å²) in [4.78, 5) is 15.5. The SMILES string of the molecule is O=c1c2nn(-c3ccccc3)cc2cnn1CN1CCCC1C1CCCCC1. The number of nitrogens with zero attached hydrogens (tertiary/aromatic N) is 5. The molecule has 28 heavy (non-hydrogen) atoms. The van der Waals surface area contributed by atoms with E-state index in [2.05, 4.69) is 15.1 Å². The monoisotopic (exact) mass is 377 g/mol. The molecule has 146 valence electrons. The second kappa shape index (κ2) is 7.51. The van der Waals surface area contributed by atoms with Crippen LogP contribution in [0.1, 0.15) is 44.9 Å². The molecule has 1 aliphatic heterocycles. The van der Waals surface area contributed by atoms with Gasteiger partial charge in [0.2, 0.25) is 0 Å². The highest BCUT2D eigenvalue weighted by molar-refractivity contribution is 5.76. The Hall–Kier alpha value is -2.47. The van der Waals surface area contributed by atoms with Crippen molar-refractivity contribution in [2.45, 2.75) is 57.7 Å². The highest BCUT2D eigenvalue weighted by Crippen LogP contribution is 2.34. The van der Waals surface area contributed by atoms with E-state index in [4.69, 9.17) is 0 Å². The van der Waals surface area contributed by atoms with Crippen LogP contribution in [0.2, 0.25) is 0 Å². The van der Waals surface area contributed by atoms with E-state index >= 15 is 0 Å². The van der Waals surface area contributed by atoms with Gasteiger partial charge >= 0.3 is 0 Å². The van der Waals surface area contributed by atoms with Gasteiger partial charge in [-0.3, -0.25) is 9.69 Å². The molecule has 5 rings (SSSR count). The predicted octanol–water partition coefficient (Wildman–Crippen LogP) is 3.58. The second-order valence-corrected chi connectivity index (χ2v) is 8.22. The van der Waals surface area contributed by atoms with Gasteiger partial charge in [0.15, 0.2) is 5.52 Å². The van der Waals surface area contributed by atoms with Crippen molar-refractivity contribution in [3.05, 3.63) is 53.1 Å². The van der Waals surface area contributed by atoms with Crippen molar-refractivity contribution in [3.63, 3.8) is 0 Å². The lowest BCUT2D eigenvalue weighted by Gasteiger charge is -2.33. The molecule has 0 bridgehead atoms. The Bertz CT molecular complexity index is 1000. The Kier molecular flexibility index (Phi) is 4.72. The number of hydrogen-bond acceptors (Lipinski definition) is 4. The molecule has 0 spiro atoms. The lowest BCUT2D eigenvalue weighted by molar-refractivity contribution is 0.119. The molecule has 0 radical (unpaired) electrons. The molecular formula is C22H27N5O. The highest BCUT2D eigenvalue weighted by Gasteiger charge is 2.32. The van der Waals surface area contributed by atoms with Crippen LogP contribution < -0.4 is 5.56 Å². The van der Waals surface area contributed by atoms with Crippen molar-refractivity contribution in [1.82, 2.24) is 24.5 Å². The Morgan fingerprint density at radius 3 is 2.64 bits per heavy atom. The van der Waals surface area contributed by atoms with Crippen LogP contribution in [0.5, 0.6) is 0 Å². The zero-order valence-electron chi connectivity index (χ0n) is 16.2. The largest absolute Gasteiger partial charge is 0.296 e. The Balaban J connectivity index is 1.41. The molecule has 1 saturated heterocycles. The third-order valence-corrected chi connectivity index (χ3v) is 6.46. The first-order valence-electron chi connectivity index (χ1n) is 10.5. The van der Waals surface area contributed by atoms with E-state index in [1.165, 1.54) is 44.9 Å². The van der Waals surface area contributed by atoms with Crippen LogP contribution >= 0.6 is 0 Å². The number of hydrogen-bond donors (Lipinski definition) is 0. The summed E-state index contributed by atoms with van der Waals surface area (Å²) in [6, 6.07) is 10.5. The minimum Gasteiger partial charge on any atom is -0.281 e. The normalized spacial score (nSPS) is 21.5. The van der Waals surface area contributed by atoms with Gasteiger partial charge in [-0.05, 0) is 43.7 Å². The van der Waals surface area contributed by atoms with Gasteiger partial charge in [0.05, 0.1) is 18.6 Å². The molecule has 0 N–H and O–H groups in total. The number of rotatable bonds is 4. The first kappa shape index (κ1) is 17.6. The average molecular weight is 377 g/mol. The van der Waals surface area contributed by atoms with Crippen LogP contribution in [-0.2, 0) is 6.67 Å². The van der Waals surface area contributed by atoms with Gasteiger partial charge in [0.25, 0.3) is 5.56 Å². The van der Waals surface area contributed by atoms with Crippen LogP contribution in [0.25, 0.3) is 16.6 Å². The molecule has 1 aromatic carbocycles.